The smallest absolute Gasteiger partial charge is 0.224 e. The minimum absolute atomic E-state index is 0.116. The highest BCUT2D eigenvalue weighted by Crippen LogP contribution is 2.16. The van der Waals surface area contributed by atoms with Crippen molar-refractivity contribution in [1.29, 1.82) is 0 Å². The molecule has 1 amide bonds. The van der Waals surface area contributed by atoms with E-state index in [4.69, 9.17) is 0 Å². The van der Waals surface area contributed by atoms with E-state index in [1.807, 2.05) is 6.92 Å². The van der Waals surface area contributed by atoms with E-state index >= 15 is 0 Å². The van der Waals surface area contributed by atoms with Crippen LogP contribution in [-0.2, 0) is 4.79 Å². The Morgan fingerprint density at radius 1 is 1.47 bits per heavy atom. The van der Waals surface area contributed by atoms with Gasteiger partial charge in [0.1, 0.15) is 5.82 Å². The molecule has 1 fully saturated rings. The average molecular weight is 264 g/mol. The van der Waals surface area contributed by atoms with Crippen molar-refractivity contribution in [2.45, 2.75) is 45.1 Å². The van der Waals surface area contributed by atoms with Crippen LogP contribution >= 0.6 is 0 Å². The largest absolute Gasteiger partial charge is 0.324 e. The lowest BCUT2D eigenvalue weighted by molar-refractivity contribution is -0.116. The molecular formula is C15H21FN2O. The number of hydrogen-bond donors (Lipinski definition) is 2. The molecule has 1 unspecified atom stereocenters. The molecule has 0 radical (unpaired) electrons. The molecular weight excluding hydrogens is 243 g/mol. The van der Waals surface area contributed by atoms with Crippen molar-refractivity contribution in [3.63, 3.8) is 0 Å². The number of benzene rings is 1. The summed E-state index contributed by atoms with van der Waals surface area (Å²) in [6.45, 7) is 2.86. The van der Waals surface area contributed by atoms with Crippen LogP contribution in [0.1, 0.15) is 37.7 Å². The molecule has 1 heterocycles. The van der Waals surface area contributed by atoms with Gasteiger partial charge in [-0.25, -0.2) is 4.39 Å². The Morgan fingerprint density at radius 2 is 2.32 bits per heavy atom. The molecule has 0 aromatic heterocycles. The molecule has 1 aliphatic heterocycles. The highest BCUT2D eigenvalue weighted by molar-refractivity contribution is 5.90. The monoisotopic (exact) mass is 264 g/mol. The Bertz CT molecular complexity index is 442. The molecule has 0 aliphatic carbocycles. The maximum Gasteiger partial charge on any atom is 0.224 e. The topological polar surface area (TPSA) is 41.1 Å². The number of amides is 1. The number of piperidine rings is 1. The van der Waals surface area contributed by atoms with Gasteiger partial charge in [0, 0.05) is 12.5 Å². The van der Waals surface area contributed by atoms with Crippen LogP contribution in [0.3, 0.4) is 0 Å². The van der Waals surface area contributed by atoms with Crippen molar-refractivity contribution < 1.29 is 9.18 Å². The molecule has 3 nitrogen and oxygen atoms in total. The van der Waals surface area contributed by atoms with Gasteiger partial charge in [-0.3, -0.25) is 4.79 Å². The lowest BCUT2D eigenvalue weighted by Crippen LogP contribution is -2.34. The highest BCUT2D eigenvalue weighted by Gasteiger charge is 2.14. The minimum atomic E-state index is -0.371. The predicted octanol–water partition coefficient (Wildman–Crippen LogP) is 2.99. The van der Waals surface area contributed by atoms with Crippen molar-refractivity contribution in [2.24, 2.45) is 0 Å². The first kappa shape index (κ1) is 14.0. The number of nitrogens with one attached hydrogen (secondary N) is 2. The van der Waals surface area contributed by atoms with E-state index in [2.05, 4.69) is 10.6 Å². The fraction of sp³-hybridized carbons (Fsp3) is 0.533. The third-order valence-electron chi connectivity index (χ3n) is 3.53. The van der Waals surface area contributed by atoms with E-state index < -0.39 is 0 Å². The minimum Gasteiger partial charge on any atom is -0.324 e. The third-order valence-corrected chi connectivity index (χ3v) is 3.53. The summed E-state index contributed by atoms with van der Waals surface area (Å²) in [6.07, 6.45) is 4.83. The van der Waals surface area contributed by atoms with Crippen LogP contribution in [0.5, 0.6) is 0 Å². The van der Waals surface area contributed by atoms with Gasteiger partial charge >= 0.3 is 0 Å². The zero-order chi connectivity index (χ0) is 13.7. The summed E-state index contributed by atoms with van der Waals surface area (Å²) in [5.41, 5.74) is 1.12. The summed E-state index contributed by atoms with van der Waals surface area (Å²) in [5, 5.41) is 6.04. The summed E-state index contributed by atoms with van der Waals surface area (Å²) >= 11 is 0. The van der Waals surface area contributed by atoms with Crippen molar-refractivity contribution in [3.05, 3.63) is 29.6 Å². The number of carbonyl (C=O) groups excluding carboxylic acids is 1. The van der Waals surface area contributed by atoms with Gasteiger partial charge in [0.25, 0.3) is 0 Å². The average Bonchev–Trinajstić information content (AvgIpc) is 2.41. The van der Waals surface area contributed by atoms with Gasteiger partial charge in [-0.1, -0.05) is 12.5 Å². The van der Waals surface area contributed by atoms with Crippen LogP contribution in [0.2, 0.25) is 0 Å². The Labute approximate surface area is 113 Å². The maximum absolute atomic E-state index is 13.6. The number of anilines is 1. The molecule has 1 saturated heterocycles. The van der Waals surface area contributed by atoms with Crippen LogP contribution in [0.15, 0.2) is 18.2 Å². The van der Waals surface area contributed by atoms with E-state index in [0.29, 0.717) is 12.5 Å². The molecule has 1 aromatic carbocycles. The quantitative estimate of drug-likeness (QED) is 0.877. The number of carbonyl (C=O) groups is 1. The Morgan fingerprint density at radius 3 is 3.00 bits per heavy atom. The lowest BCUT2D eigenvalue weighted by Gasteiger charge is -2.23. The van der Waals surface area contributed by atoms with Crippen molar-refractivity contribution in [3.8, 4) is 0 Å². The molecule has 2 rings (SSSR count). The second kappa shape index (κ2) is 6.66. The number of rotatable bonds is 4. The number of aryl methyl sites for hydroxylation is 1. The van der Waals surface area contributed by atoms with Crippen molar-refractivity contribution in [1.82, 2.24) is 5.32 Å². The van der Waals surface area contributed by atoms with Gasteiger partial charge in [-0.2, -0.15) is 0 Å². The second-order valence-corrected chi connectivity index (χ2v) is 5.22. The molecule has 1 aliphatic rings. The molecule has 1 atom stereocenters. The Hall–Kier alpha value is -1.42. The molecule has 0 spiro atoms. The van der Waals surface area contributed by atoms with Gasteiger partial charge < -0.3 is 10.6 Å². The zero-order valence-electron chi connectivity index (χ0n) is 11.3. The molecule has 0 saturated carbocycles. The van der Waals surface area contributed by atoms with Crippen LogP contribution in [0, 0.1) is 12.7 Å². The van der Waals surface area contributed by atoms with E-state index in [9.17, 15) is 9.18 Å². The summed E-state index contributed by atoms with van der Waals surface area (Å²) in [5.74, 6) is -0.487. The fourth-order valence-electron chi connectivity index (χ4n) is 2.41. The first-order valence-electron chi connectivity index (χ1n) is 6.94. The molecule has 4 heteroatoms. The summed E-state index contributed by atoms with van der Waals surface area (Å²) < 4.78 is 13.6. The van der Waals surface area contributed by atoms with E-state index in [0.717, 1.165) is 24.9 Å². The van der Waals surface area contributed by atoms with Crippen LogP contribution in [-0.4, -0.2) is 18.5 Å². The van der Waals surface area contributed by atoms with Crippen LogP contribution in [0.4, 0.5) is 10.1 Å². The fourth-order valence-corrected chi connectivity index (χ4v) is 2.41. The van der Waals surface area contributed by atoms with E-state index in [-0.39, 0.29) is 17.4 Å². The van der Waals surface area contributed by atoms with E-state index in [1.165, 1.54) is 18.9 Å². The zero-order valence-corrected chi connectivity index (χ0v) is 11.3. The maximum atomic E-state index is 13.6. The Kier molecular flexibility index (Phi) is 4.91. The van der Waals surface area contributed by atoms with Gasteiger partial charge in [-0.15, -0.1) is 0 Å². The Balaban J connectivity index is 1.80. The summed E-state index contributed by atoms with van der Waals surface area (Å²) in [7, 11) is 0. The number of hydrogen-bond acceptors (Lipinski definition) is 2. The number of halogens is 1. The van der Waals surface area contributed by atoms with Gasteiger partial charge in [0.2, 0.25) is 5.91 Å². The van der Waals surface area contributed by atoms with Crippen molar-refractivity contribution in [2.75, 3.05) is 11.9 Å². The van der Waals surface area contributed by atoms with Gasteiger partial charge in [-0.05, 0) is 50.4 Å². The highest BCUT2D eigenvalue weighted by atomic mass is 19.1. The third kappa shape index (κ3) is 4.31. The molecule has 1 aromatic rings. The normalized spacial score (nSPS) is 19.2. The van der Waals surface area contributed by atoms with Gasteiger partial charge in [0.15, 0.2) is 0 Å². The van der Waals surface area contributed by atoms with Crippen LogP contribution in [0.25, 0.3) is 0 Å². The molecule has 0 bridgehead atoms. The SMILES string of the molecule is Cc1ccc(NC(=O)CCC2CCCCN2)c(F)c1. The first-order valence-corrected chi connectivity index (χ1v) is 6.94. The molecule has 2 N–H and O–H groups in total. The summed E-state index contributed by atoms with van der Waals surface area (Å²) in [4.78, 5) is 11.8. The van der Waals surface area contributed by atoms with Crippen LogP contribution < -0.4 is 10.6 Å². The first-order chi connectivity index (χ1) is 9.15. The molecule has 19 heavy (non-hydrogen) atoms. The van der Waals surface area contributed by atoms with Crippen molar-refractivity contribution >= 4 is 11.6 Å². The lowest BCUT2D eigenvalue weighted by atomic mass is 10.0. The second-order valence-electron chi connectivity index (χ2n) is 5.22. The predicted molar refractivity (Wildman–Crippen MR) is 74.6 cm³/mol. The molecule has 104 valence electrons. The van der Waals surface area contributed by atoms with E-state index in [1.54, 1.807) is 12.1 Å². The summed E-state index contributed by atoms with van der Waals surface area (Å²) in [6, 6.07) is 5.27. The standard InChI is InChI=1S/C15H21FN2O/c1-11-5-7-14(13(16)10-11)18-15(19)8-6-12-4-2-3-9-17-12/h5,7,10,12,17H,2-4,6,8-9H2,1H3,(H,18,19). The van der Waals surface area contributed by atoms with Gasteiger partial charge in [0.05, 0.1) is 5.69 Å².